The van der Waals surface area contributed by atoms with E-state index in [0.29, 0.717) is 5.54 Å². The molecule has 3 heteroatoms. The van der Waals surface area contributed by atoms with Crippen LogP contribution in [-0.2, 0) is 0 Å². The van der Waals surface area contributed by atoms with Gasteiger partial charge in [0.1, 0.15) is 0 Å². The number of nitrogens with two attached hydrogens (primary N) is 1. The summed E-state index contributed by atoms with van der Waals surface area (Å²) in [7, 11) is 0. The number of rotatable bonds is 3. The van der Waals surface area contributed by atoms with Crippen molar-refractivity contribution >= 4 is 11.8 Å². The highest BCUT2D eigenvalue weighted by atomic mass is 32.2. The zero-order valence-electron chi connectivity index (χ0n) is 11.5. The third-order valence-corrected chi connectivity index (χ3v) is 5.96. The zero-order valence-corrected chi connectivity index (χ0v) is 12.3. The molecule has 2 atom stereocenters. The predicted molar refractivity (Wildman–Crippen MR) is 77.5 cm³/mol. The van der Waals surface area contributed by atoms with E-state index in [1.807, 2.05) is 0 Å². The van der Waals surface area contributed by atoms with Gasteiger partial charge in [0.25, 0.3) is 0 Å². The number of hydrogen-bond acceptors (Lipinski definition) is 3. The number of likely N-dealkylation sites (tertiary alicyclic amines) is 1. The quantitative estimate of drug-likeness (QED) is 0.842. The van der Waals surface area contributed by atoms with Gasteiger partial charge >= 0.3 is 0 Å². The van der Waals surface area contributed by atoms with Gasteiger partial charge in [0.05, 0.1) is 0 Å². The molecule has 2 fully saturated rings. The maximum absolute atomic E-state index is 6.17. The summed E-state index contributed by atoms with van der Waals surface area (Å²) in [4.78, 5) is 2.78. The number of nitrogens with zero attached hydrogens (tertiary/aromatic N) is 1. The minimum atomic E-state index is 0.332. The van der Waals surface area contributed by atoms with Gasteiger partial charge in [0.2, 0.25) is 0 Å². The number of thioether (sulfide) groups is 1. The van der Waals surface area contributed by atoms with E-state index in [2.05, 4.69) is 30.5 Å². The average Bonchev–Trinajstić information content (AvgIpc) is 2.40. The monoisotopic (exact) mass is 256 g/mol. The standard InChI is InChI=1S/C14H28N2S/c1-3-13-5-4-12(2)16(10-13)14(11-15)6-8-17-9-7-14/h12-13H,3-11,15H2,1-2H3. The molecule has 0 aliphatic carbocycles. The smallest absolute Gasteiger partial charge is 0.0350 e. The van der Waals surface area contributed by atoms with E-state index < -0.39 is 0 Å². The Labute approximate surface area is 111 Å². The molecule has 2 heterocycles. The molecule has 2 aliphatic rings. The highest BCUT2D eigenvalue weighted by Crippen LogP contribution is 2.37. The minimum absolute atomic E-state index is 0.332. The SMILES string of the molecule is CCC1CCC(C)N(C2(CN)CCSCC2)C1. The fourth-order valence-electron chi connectivity index (χ4n) is 3.54. The lowest BCUT2D eigenvalue weighted by atomic mass is 9.82. The van der Waals surface area contributed by atoms with E-state index in [-0.39, 0.29) is 0 Å². The summed E-state index contributed by atoms with van der Waals surface area (Å²) < 4.78 is 0. The Kier molecular flexibility index (Phi) is 4.79. The molecule has 0 amide bonds. The topological polar surface area (TPSA) is 29.3 Å². The van der Waals surface area contributed by atoms with Gasteiger partial charge in [-0.25, -0.2) is 0 Å². The molecule has 2 saturated heterocycles. The van der Waals surface area contributed by atoms with Crippen molar-refractivity contribution in [2.45, 2.75) is 57.5 Å². The first kappa shape index (κ1) is 13.7. The largest absolute Gasteiger partial charge is 0.329 e. The molecule has 2 N–H and O–H groups in total. The van der Waals surface area contributed by atoms with Gasteiger partial charge in [-0.15, -0.1) is 0 Å². The molecule has 0 spiro atoms. The maximum atomic E-state index is 6.17. The van der Waals surface area contributed by atoms with Crippen molar-refractivity contribution in [1.29, 1.82) is 0 Å². The Morgan fingerprint density at radius 2 is 2.00 bits per heavy atom. The summed E-state index contributed by atoms with van der Waals surface area (Å²) in [6.45, 7) is 6.89. The Bertz CT molecular complexity index is 238. The number of piperidine rings is 1. The van der Waals surface area contributed by atoms with Crippen molar-refractivity contribution in [2.24, 2.45) is 11.7 Å². The second kappa shape index (κ2) is 5.94. The Hall–Kier alpha value is 0.270. The fraction of sp³-hybridized carbons (Fsp3) is 1.00. The summed E-state index contributed by atoms with van der Waals surface area (Å²) in [5.41, 5.74) is 6.50. The van der Waals surface area contributed by atoms with E-state index in [0.717, 1.165) is 18.5 Å². The van der Waals surface area contributed by atoms with Crippen molar-refractivity contribution in [1.82, 2.24) is 4.90 Å². The van der Waals surface area contributed by atoms with Crippen molar-refractivity contribution in [2.75, 3.05) is 24.6 Å². The van der Waals surface area contributed by atoms with Crippen LogP contribution in [-0.4, -0.2) is 41.1 Å². The highest BCUT2D eigenvalue weighted by Gasteiger charge is 2.41. The predicted octanol–water partition coefficient (Wildman–Crippen LogP) is 2.72. The maximum Gasteiger partial charge on any atom is 0.0350 e. The van der Waals surface area contributed by atoms with E-state index in [1.165, 1.54) is 50.2 Å². The normalized spacial score (nSPS) is 34.8. The third-order valence-electron chi connectivity index (χ3n) is 4.97. The summed E-state index contributed by atoms with van der Waals surface area (Å²) in [6.07, 6.45) is 6.72. The summed E-state index contributed by atoms with van der Waals surface area (Å²) in [5, 5.41) is 0. The first-order valence-electron chi connectivity index (χ1n) is 7.26. The average molecular weight is 256 g/mol. The third kappa shape index (κ3) is 2.82. The van der Waals surface area contributed by atoms with Crippen LogP contribution in [0.3, 0.4) is 0 Å². The molecule has 2 aliphatic heterocycles. The van der Waals surface area contributed by atoms with Crippen molar-refractivity contribution in [3.8, 4) is 0 Å². The Morgan fingerprint density at radius 3 is 2.59 bits per heavy atom. The first-order valence-corrected chi connectivity index (χ1v) is 8.42. The molecule has 0 aromatic carbocycles. The first-order chi connectivity index (χ1) is 8.22. The zero-order chi connectivity index (χ0) is 12.3. The lowest BCUT2D eigenvalue weighted by molar-refractivity contribution is 0.000513. The second-order valence-electron chi connectivity index (χ2n) is 5.89. The Morgan fingerprint density at radius 1 is 1.29 bits per heavy atom. The van der Waals surface area contributed by atoms with Crippen LogP contribution in [0.25, 0.3) is 0 Å². The van der Waals surface area contributed by atoms with Crippen molar-refractivity contribution < 1.29 is 0 Å². The van der Waals surface area contributed by atoms with Crippen LogP contribution in [0.2, 0.25) is 0 Å². The van der Waals surface area contributed by atoms with Crippen LogP contribution in [0.15, 0.2) is 0 Å². The van der Waals surface area contributed by atoms with Crippen molar-refractivity contribution in [3.05, 3.63) is 0 Å². The van der Waals surface area contributed by atoms with Crippen LogP contribution >= 0.6 is 11.8 Å². The van der Waals surface area contributed by atoms with E-state index >= 15 is 0 Å². The van der Waals surface area contributed by atoms with Gasteiger partial charge < -0.3 is 5.73 Å². The lowest BCUT2D eigenvalue weighted by Crippen LogP contribution is -2.61. The molecule has 0 aromatic rings. The molecule has 100 valence electrons. The van der Waals surface area contributed by atoms with Gasteiger partial charge in [-0.3, -0.25) is 4.90 Å². The molecule has 17 heavy (non-hydrogen) atoms. The molecule has 0 aromatic heterocycles. The van der Waals surface area contributed by atoms with Gasteiger partial charge in [-0.1, -0.05) is 13.3 Å². The van der Waals surface area contributed by atoms with E-state index in [9.17, 15) is 0 Å². The molecule has 2 unspecified atom stereocenters. The molecule has 0 saturated carbocycles. The summed E-state index contributed by atoms with van der Waals surface area (Å²) in [6, 6.07) is 0.740. The number of hydrogen-bond donors (Lipinski definition) is 1. The van der Waals surface area contributed by atoms with Crippen LogP contribution < -0.4 is 5.73 Å². The van der Waals surface area contributed by atoms with Crippen molar-refractivity contribution in [3.63, 3.8) is 0 Å². The van der Waals surface area contributed by atoms with E-state index in [1.54, 1.807) is 0 Å². The minimum Gasteiger partial charge on any atom is -0.329 e. The van der Waals surface area contributed by atoms with Gasteiger partial charge in [0.15, 0.2) is 0 Å². The molecule has 2 rings (SSSR count). The van der Waals surface area contributed by atoms with Crippen LogP contribution in [0.4, 0.5) is 0 Å². The fourth-order valence-corrected chi connectivity index (χ4v) is 4.79. The Balaban J connectivity index is 2.10. The van der Waals surface area contributed by atoms with Crippen LogP contribution in [0.1, 0.15) is 46.0 Å². The highest BCUT2D eigenvalue weighted by molar-refractivity contribution is 7.99. The summed E-state index contributed by atoms with van der Waals surface area (Å²) >= 11 is 2.10. The van der Waals surface area contributed by atoms with Gasteiger partial charge in [-0.2, -0.15) is 11.8 Å². The second-order valence-corrected chi connectivity index (χ2v) is 7.12. The molecular weight excluding hydrogens is 228 g/mol. The molecule has 2 nitrogen and oxygen atoms in total. The lowest BCUT2D eigenvalue weighted by Gasteiger charge is -2.52. The summed E-state index contributed by atoms with van der Waals surface area (Å²) in [5.74, 6) is 3.51. The molecular formula is C14H28N2S. The van der Waals surface area contributed by atoms with Gasteiger partial charge in [-0.05, 0) is 50.0 Å². The molecule has 0 bridgehead atoms. The van der Waals surface area contributed by atoms with Gasteiger partial charge in [0, 0.05) is 24.7 Å². The molecule has 0 radical (unpaired) electrons. The van der Waals surface area contributed by atoms with Crippen LogP contribution in [0.5, 0.6) is 0 Å². The van der Waals surface area contributed by atoms with E-state index in [4.69, 9.17) is 5.73 Å². The van der Waals surface area contributed by atoms with Crippen LogP contribution in [0, 0.1) is 5.92 Å².